The predicted octanol–water partition coefficient (Wildman–Crippen LogP) is 1.83. The zero-order valence-corrected chi connectivity index (χ0v) is 6.34. The summed E-state index contributed by atoms with van der Waals surface area (Å²) in [4.78, 5) is 11.1. The molecule has 1 aromatic carbocycles. The van der Waals surface area contributed by atoms with Crippen molar-refractivity contribution in [1.29, 1.82) is 0 Å². The number of para-hydroxylation sites is 1. The van der Waals surface area contributed by atoms with Gasteiger partial charge >= 0.3 is 0 Å². The van der Waals surface area contributed by atoms with Crippen molar-refractivity contribution in [3.8, 4) is 5.75 Å². The summed E-state index contributed by atoms with van der Waals surface area (Å²) in [7, 11) is 0. The van der Waals surface area contributed by atoms with Gasteiger partial charge in [-0.15, -0.1) is 0 Å². The molecule has 3 heteroatoms. The average Bonchev–Trinajstić information content (AvgIpc) is 2.30. The molecule has 11 heavy (non-hydrogen) atoms. The van der Waals surface area contributed by atoms with Crippen molar-refractivity contribution in [2.24, 2.45) is 0 Å². The molecule has 1 atom stereocenters. The van der Waals surface area contributed by atoms with Gasteiger partial charge in [0.25, 0.3) is 0 Å². The molecule has 1 aromatic rings. The average molecular weight is 169 g/mol. The highest BCUT2D eigenvalue weighted by atomic mass is 35.5. The number of alkyl halides is 1. The molecule has 0 aromatic heterocycles. The molecule has 0 saturated heterocycles. The van der Waals surface area contributed by atoms with Crippen LogP contribution >= 0.6 is 11.6 Å². The van der Waals surface area contributed by atoms with E-state index in [1.165, 1.54) is 0 Å². The number of benzene rings is 1. The normalized spacial score (nSPS) is 21.2. The van der Waals surface area contributed by atoms with Crippen molar-refractivity contribution in [2.45, 2.75) is 5.56 Å². The monoisotopic (exact) mass is 168 g/mol. The van der Waals surface area contributed by atoms with Gasteiger partial charge in [-0.1, -0.05) is 23.7 Å². The van der Waals surface area contributed by atoms with E-state index in [9.17, 15) is 4.79 Å². The minimum atomic E-state index is -0.826. The number of carbonyl (C=O) groups is 1. The summed E-state index contributed by atoms with van der Waals surface area (Å²) in [5.74, 6) is 0.430. The zero-order chi connectivity index (χ0) is 7.84. The molecule has 0 saturated carbocycles. The number of fused-ring (bicyclic) bond motifs is 1. The standard InChI is InChI=1S/C8H5ClO2/c9-8-7(10)5-3-1-2-4-6(5)11-8/h1-4,8H/t8-/m0/s1. The van der Waals surface area contributed by atoms with E-state index >= 15 is 0 Å². The molecule has 0 fully saturated rings. The highest BCUT2D eigenvalue weighted by Crippen LogP contribution is 2.29. The Kier molecular flexibility index (Phi) is 1.36. The van der Waals surface area contributed by atoms with Crippen molar-refractivity contribution in [3.63, 3.8) is 0 Å². The summed E-state index contributed by atoms with van der Waals surface area (Å²) in [6.45, 7) is 0. The van der Waals surface area contributed by atoms with Crippen LogP contribution in [-0.2, 0) is 0 Å². The van der Waals surface area contributed by atoms with Crippen molar-refractivity contribution < 1.29 is 9.53 Å². The SMILES string of the molecule is O=C1c2ccccc2O[C@@H]1Cl. The van der Waals surface area contributed by atoms with E-state index in [0.717, 1.165) is 0 Å². The Bertz CT molecular complexity index is 309. The summed E-state index contributed by atoms with van der Waals surface area (Å²) >= 11 is 5.56. The predicted molar refractivity (Wildman–Crippen MR) is 41.0 cm³/mol. The Balaban J connectivity index is 2.55. The molecule has 1 aliphatic rings. The van der Waals surface area contributed by atoms with Crippen LogP contribution in [0.1, 0.15) is 10.4 Å². The zero-order valence-electron chi connectivity index (χ0n) is 5.58. The first-order chi connectivity index (χ1) is 5.29. The molecule has 1 heterocycles. The third-order valence-electron chi connectivity index (χ3n) is 1.59. The number of halogens is 1. The van der Waals surface area contributed by atoms with Gasteiger partial charge < -0.3 is 4.74 Å². The fraction of sp³-hybridized carbons (Fsp3) is 0.125. The number of hydrogen-bond donors (Lipinski definition) is 0. The minimum absolute atomic E-state index is 0.151. The number of carbonyl (C=O) groups excluding carboxylic acids is 1. The van der Waals surface area contributed by atoms with Gasteiger partial charge in [0.15, 0.2) is 0 Å². The summed E-state index contributed by atoms with van der Waals surface area (Å²) in [6.07, 6.45) is 0. The van der Waals surface area contributed by atoms with Crippen molar-refractivity contribution in [2.75, 3.05) is 0 Å². The maximum atomic E-state index is 11.1. The molecule has 2 nitrogen and oxygen atoms in total. The molecule has 0 bridgehead atoms. The van der Waals surface area contributed by atoms with Crippen LogP contribution in [0, 0.1) is 0 Å². The lowest BCUT2D eigenvalue weighted by atomic mass is 10.1. The summed E-state index contributed by atoms with van der Waals surface area (Å²) in [5, 5.41) is 0. The molecule has 0 N–H and O–H groups in total. The summed E-state index contributed by atoms with van der Waals surface area (Å²) in [5.41, 5.74) is -0.250. The third kappa shape index (κ3) is 0.906. The van der Waals surface area contributed by atoms with Crippen LogP contribution in [0.5, 0.6) is 5.75 Å². The first kappa shape index (κ1) is 6.68. The molecule has 0 radical (unpaired) electrons. The summed E-state index contributed by atoms with van der Waals surface area (Å²) in [6, 6.07) is 7.03. The number of Topliss-reactive ketones (excluding diaryl/α,β-unsaturated/α-hetero) is 1. The number of hydrogen-bond acceptors (Lipinski definition) is 2. The first-order valence-electron chi connectivity index (χ1n) is 3.23. The van der Waals surface area contributed by atoms with Gasteiger partial charge in [-0.05, 0) is 12.1 Å². The maximum Gasteiger partial charge on any atom is 0.235 e. The van der Waals surface area contributed by atoms with Crippen LogP contribution in [-0.4, -0.2) is 11.3 Å². The van der Waals surface area contributed by atoms with Crippen LogP contribution in [0.2, 0.25) is 0 Å². The topological polar surface area (TPSA) is 26.3 Å². The first-order valence-corrected chi connectivity index (χ1v) is 3.66. The molecule has 0 unspecified atom stereocenters. The molecular weight excluding hydrogens is 164 g/mol. The largest absolute Gasteiger partial charge is 0.466 e. The molecule has 0 aliphatic carbocycles. The van der Waals surface area contributed by atoms with Crippen molar-refractivity contribution in [1.82, 2.24) is 0 Å². The molecule has 56 valence electrons. The second-order valence-corrected chi connectivity index (χ2v) is 2.69. The van der Waals surface area contributed by atoms with Gasteiger partial charge in [-0.3, -0.25) is 4.79 Å². The van der Waals surface area contributed by atoms with Crippen molar-refractivity contribution in [3.05, 3.63) is 29.8 Å². The van der Waals surface area contributed by atoms with Gasteiger partial charge in [0.1, 0.15) is 5.75 Å². The smallest absolute Gasteiger partial charge is 0.235 e. The Morgan fingerprint density at radius 1 is 1.36 bits per heavy atom. The fourth-order valence-electron chi connectivity index (χ4n) is 1.06. The number of ether oxygens (including phenoxy) is 1. The third-order valence-corrected chi connectivity index (χ3v) is 1.88. The lowest BCUT2D eigenvalue weighted by Crippen LogP contribution is -2.11. The van der Waals surface area contributed by atoms with E-state index < -0.39 is 5.56 Å². The highest BCUT2D eigenvalue weighted by molar-refractivity contribution is 6.34. The maximum absolute atomic E-state index is 11.1. The molecule has 1 aliphatic heterocycles. The van der Waals surface area contributed by atoms with Gasteiger partial charge in [0, 0.05) is 0 Å². The number of ketones is 1. The van der Waals surface area contributed by atoms with Gasteiger partial charge in [0.2, 0.25) is 11.3 Å². The van der Waals surface area contributed by atoms with Crippen LogP contribution in [0.3, 0.4) is 0 Å². The van der Waals surface area contributed by atoms with Gasteiger partial charge in [-0.2, -0.15) is 0 Å². The van der Waals surface area contributed by atoms with E-state index in [0.29, 0.717) is 11.3 Å². The quantitative estimate of drug-likeness (QED) is 0.553. The minimum Gasteiger partial charge on any atom is -0.466 e. The second-order valence-electron chi connectivity index (χ2n) is 2.29. The van der Waals surface area contributed by atoms with Crippen LogP contribution in [0.15, 0.2) is 24.3 Å². The van der Waals surface area contributed by atoms with Crippen molar-refractivity contribution >= 4 is 17.4 Å². The van der Waals surface area contributed by atoms with Crippen LogP contribution < -0.4 is 4.74 Å². The molecule has 0 amide bonds. The van der Waals surface area contributed by atoms with E-state index in [4.69, 9.17) is 16.3 Å². The Morgan fingerprint density at radius 2 is 2.09 bits per heavy atom. The van der Waals surface area contributed by atoms with E-state index in [1.807, 2.05) is 0 Å². The Hall–Kier alpha value is -1.02. The Labute approximate surface area is 68.7 Å². The lowest BCUT2D eigenvalue weighted by Gasteiger charge is -1.96. The molecular formula is C8H5ClO2. The lowest BCUT2D eigenvalue weighted by molar-refractivity contribution is 0.0932. The summed E-state index contributed by atoms with van der Waals surface area (Å²) < 4.78 is 5.03. The molecule has 0 spiro atoms. The Morgan fingerprint density at radius 3 is 2.82 bits per heavy atom. The van der Waals surface area contributed by atoms with E-state index in [2.05, 4.69) is 0 Å². The highest BCUT2D eigenvalue weighted by Gasteiger charge is 2.29. The van der Waals surface area contributed by atoms with Gasteiger partial charge in [0.05, 0.1) is 5.56 Å². The van der Waals surface area contributed by atoms with Crippen LogP contribution in [0.25, 0.3) is 0 Å². The van der Waals surface area contributed by atoms with Gasteiger partial charge in [-0.25, -0.2) is 0 Å². The van der Waals surface area contributed by atoms with E-state index in [1.54, 1.807) is 24.3 Å². The second kappa shape index (κ2) is 2.24. The van der Waals surface area contributed by atoms with Crippen LogP contribution in [0.4, 0.5) is 0 Å². The number of rotatable bonds is 0. The molecule has 2 rings (SSSR count). The van der Waals surface area contributed by atoms with E-state index in [-0.39, 0.29) is 5.78 Å². The fourth-order valence-corrected chi connectivity index (χ4v) is 1.27.